The van der Waals surface area contributed by atoms with Crippen molar-refractivity contribution in [1.82, 2.24) is 3.71 Å². The van der Waals surface area contributed by atoms with Crippen LogP contribution in [0.25, 0.3) is 0 Å². The highest BCUT2D eigenvalue weighted by molar-refractivity contribution is 8.08. The predicted molar refractivity (Wildman–Crippen MR) is 75.4 cm³/mol. The molecule has 18 heavy (non-hydrogen) atoms. The summed E-state index contributed by atoms with van der Waals surface area (Å²) < 4.78 is 14.3. The third-order valence-electron chi connectivity index (χ3n) is 2.83. The Labute approximate surface area is 114 Å². The average Bonchev–Trinajstić information content (AvgIpc) is 2.68. The van der Waals surface area contributed by atoms with Crippen LogP contribution in [0.15, 0.2) is 58.3 Å². The van der Waals surface area contributed by atoms with Gasteiger partial charge >= 0.3 is 0 Å². The molecule has 1 atom stereocenters. The first-order valence-corrected chi connectivity index (χ1v) is 7.64. The van der Waals surface area contributed by atoms with Gasteiger partial charge in [0.2, 0.25) is 0 Å². The topological polar surface area (TPSA) is 20.3 Å². The van der Waals surface area contributed by atoms with Crippen molar-refractivity contribution < 1.29 is 4.21 Å². The van der Waals surface area contributed by atoms with Gasteiger partial charge in [-0.3, -0.25) is 0 Å². The van der Waals surface area contributed by atoms with Gasteiger partial charge in [0, 0.05) is 11.4 Å². The lowest BCUT2D eigenvalue weighted by Crippen LogP contribution is -2.13. The maximum atomic E-state index is 12.4. The standard InChI is InChI=1S/C14H13NOS2/c1-11-7-8-13-14(9-11)18(16)15(17-13)10-12-5-3-2-4-6-12/h2-9H,10H2,1H3. The molecule has 0 saturated carbocycles. The zero-order valence-corrected chi connectivity index (χ0v) is 11.6. The molecule has 0 bridgehead atoms. The number of fused-ring (bicyclic) bond motifs is 1. The Balaban J connectivity index is 1.85. The molecule has 3 rings (SSSR count). The summed E-state index contributed by atoms with van der Waals surface area (Å²) >= 11 is 1.58. The van der Waals surface area contributed by atoms with E-state index in [0.717, 1.165) is 15.4 Å². The van der Waals surface area contributed by atoms with Crippen LogP contribution in [0, 0.1) is 6.92 Å². The van der Waals surface area contributed by atoms with Crippen molar-refractivity contribution in [3.05, 3.63) is 59.7 Å². The Morgan fingerprint density at radius 2 is 1.94 bits per heavy atom. The molecule has 2 aromatic rings. The van der Waals surface area contributed by atoms with Crippen molar-refractivity contribution in [1.29, 1.82) is 0 Å². The summed E-state index contributed by atoms with van der Waals surface area (Å²) in [4.78, 5) is 2.05. The molecule has 1 aliphatic rings. The number of hydrogen-bond acceptors (Lipinski definition) is 2. The van der Waals surface area contributed by atoms with Crippen molar-refractivity contribution in [3.63, 3.8) is 0 Å². The molecular formula is C14H13NOS2. The summed E-state index contributed by atoms with van der Waals surface area (Å²) in [6.45, 7) is 2.73. The molecule has 0 saturated heterocycles. The summed E-state index contributed by atoms with van der Waals surface area (Å²) in [5, 5.41) is 0. The Hall–Kier alpha value is -1.10. The van der Waals surface area contributed by atoms with Gasteiger partial charge in [0.1, 0.15) is 11.0 Å². The second-order valence-electron chi connectivity index (χ2n) is 4.27. The minimum absolute atomic E-state index is 0.700. The van der Waals surface area contributed by atoms with E-state index in [2.05, 4.69) is 24.3 Å². The number of hydrogen-bond donors (Lipinski definition) is 0. The van der Waals surface area contributed by atoms with Gasteiger partial charge in [-0.15, -0.1) is 0 Å². The van der Waals surface area contributed by atoms with Crippen LogP contribution in [-0.2, 0) is 17.5 Å². The van der Waals surface area contributed by atoms with E-state index in [0.29, 0.717) is 6.54 Å². The number of benzene rings is 2. The molecule has 0 fully saturated rings. The van der Waals surface area contributed by atoms with Gasteiger partial charge in [0.05, 0.1) is 4.90 Å². The summed E-state index contributed by atoms with van der Waals surface area (Å²) in [5.41, 5.74) is 2.34. The fourth-order valence-electron chi connectivity index (χ4n) is 1.90. The largest absolute Gasteiger partial charge is 0.236 e. The molecule has 1 aliphatic heterocycles. The Bertz CT molecular complexity index is 598. The molecule has 0 spiro atoms. The van der Waals surface area contributed by atoms with Crippen LogP contribution in [0.5, 0.6) is 0 Å². The molecule has 0 amide bonds. The molecule has 0 N–H and O–H groups in total. The Kier molecular flexibility index (Phi) is 3.24. The first-order chi connectivity index (χ1) is 8.74. The van der Waals surface area contributed by atoms with Crippen LogP contribution in [0.4, 0.5) is 0 Å². The van der Waals surface area contributed by atoms with E-state index in [1.165, 1.54) is 5.56 Å². The van der Waals surface area contributed by atoms with Crippen molar-refractivity contribution in [2.45, 2.75) is 23.3 Å². The Morgan fingerprint density at radius 1 is 1.17 bits per heavy atom. The highest BCUT2D eigenvalue weighted by Gasteiger charge is 2.28. The monoisotopic (exact) mass is 275 g/mol. The van der Waals surface area contributed by atoms with Crippen LogP contribution in [0.1, 0.15) is 11.1 Å². The summed E-state index contributed by atoms with van der Waals surface area (Å²) in [6, 6.07) is 16.3. The van der Waals surface area contributed by atoms with Crippen LogP contribution in [0.3, 0.4) is 0 Å². The van der Waals surface area contributed by atoms with E-state index in [1.54, 1.807) is 11.9 Å². The molecule has 0 aromatic heterocycles. The first kappa shape index (κ1) is 12.0. The molecule has 1 heterocycles. The lowest BCUT2D eigenvalue weighted by molar-refractivity contribution is 0.632. The van der Waals surface area contributed by atoms with E-state index in [-0.39, 0.29) is 0 Å². The third-order valence-corrected chi connectivity index (χ3v) is 5.68. The van der Waals surface area contributed by atoms with Crippen LogP contribution in [0.2, 0.25) is 0 Å². The van der Waals surface area contributed by atoms with E-state index in [4.69, 9.17) is 0 Å². The smallest absolute Gasteiger partial charge is 0.139 e. The Morgan fingerprint density at radius 3 is 2.72 bits per heavy atom. The van der Waals surface area contributed by atoms with Gasteiger partial charge in [-0.2, -0.15) is 3.71 Å². The molecular weight excluding hydrogens is 262 g/mol. The van der Waals surface area contributed by atoms with Gasteiger partial charge in [-0.1, -0.05) is 36.4 Å². The summed E-state index contributed by atoms with van der Waals surface area (Å²) in [7, 11) is -1.05. The van der Waals surface area contributed by atoms with E-state index < -0.39 is 11.0 Å². The molecule has 2 nitrogen and oxygen atoms in total. The highest BCUT2D eigenvalue weighted by Crippen LogP contribution is 2.40. The van der Waals surface area contributed by atoms with Crippen LogP contribution < -0.4 is 0 Å². The maximum absolute atomic E-state index is 12.4. The lowest BCUT2D eigenvalue weighted by atomic mass is 10.2. The van der Waals surface area contributed by atoms with Crippen molar-refractivity contribution >= 4 is 22.9 Å². The number of aryl methyl sites for hydroxylation is 1. The fraction of sp³-hybridized carbons (Fsp3) is 0.143. The predicted octanol–water partition coefficient (Wildman–Crippen LogP) is 3.54. The number of nitrogens with zero attached hydrogens (tertiary/aromatic N) is 1. The normalized spacial score (nSPS) is 18.8. The SMILES string of the molecule is Cc1ccc2c(c1)S(=O)N(Cc1ccccc1)S2. The lowest BCUT2D eigenvalue weighted by Gasteiger charge is -2.11. The molecule has 0 aliphatic carbocycles. The van der Waals surface area contributed by atoms with Crippen molar-refractivity contribution in [2.75, 3.05) is 0 Å². The minimum atomic E-state index is -1.05. The second kappa shape index (κ2) is 4.88. The van der Waals surface area contributed by atoms with Crippen molar-refractivity contribution in [2.24, 2.45) is 0 Å². The first-order valence-electron chi connectivity index (χ1n) is 5.76. The van der Waals surface area contributed by atoms with E-state index >= 15 is 0 Å². The molecule has 1 unspecified atom stereocenters. The van der Waals surface area contributed by atoms with Crippen LogP contribution in [-0.4, -0.2) is 7.92 Å². The van der Waals surface area contributed by atoms with Gasteiger partial charge in [0.25, 0.3) is 0 Å². The third kappa shape index (κ3) is 2.23. The van der Waals surface area contributed by atoms with Crippen molar-refractivity contribution in [3.8, 4) is 0 Å². The molecule has 4 heteroatoms. The minimum Gasteiger partial charge on any atom is -0.236 e. The van der Waals surface area contributed by atoms with Gasteiger partial charge in [0.15, 0.2) is 0 Å². The zero-order valence-electron chi connectivity index (χ0n) is 10.00. The molecule has 2 aromatic carbocycles. The maximum Gasteiger partial charge on any atom is 0.139 e. The zero-order chi connectivity index (χ0) is 12.5. The molecule has 92 valence electrons. The fourth-order valence-corrected chi connectivity index (χ4v) is 4.71. The summed E-state index contributed by atoms with van der Waals surface area (Å²) in [5.74, 6) is 0. The summed E-state index contributed by atoms with van der Waals surface area (Å²) in [6.07, 6.45) is 0. The van der Waals surface area contributed by atoms with Gasteiger partial charge < -0.3 is 0 Å². The second-order valence-corrected chi connectivity index (χ2v) is 6.94. The van der Waals surface area contributed by atoms with Crippen LogP contribution >= 0.6 is 11.9 Å². The van der Waals surface area contributed by atoms with E-state index in [9.17, 15) is 4.21 Å². The number of rotatable bonds is 2. The van der Waals surface area contributed by atoms with E-state index in [1.807, 2.05) is 34.9 Å². The average molecular weight is 275 g/mol. The quantitative estimate of drug-likeness (QED) is 0.781. The van der Waals surface area contributed by atoms with Gasteiger partial charge in [-0.05, 0) is 42.1 Å². The highest BCUT2D eigenvalue weighted by atomic mass is 32.2. The molecule has 0 radical (unpaired) electrons. The van der Waals surface area contributed by atoms with Gasteiger partial charge in [-0.25, -0.2) is 4.21 Å².